The van der Waals surface area contributed by atoms with Crippen LogP contribution in [0.1, 0.15) is 23.2 Å². The van der Waals surface area contributed by atoms with Gasteiger partial charge >= 0.3 is 7.48 Å². The summed E-state index contributed by atoms with van der Waals surface area (Å²) >= 11 is 0. The molecular formula is C10H11BNO2. The summed E-state index contributed by atoms with van der Waals surface area (Å²) in [6.07, 6.45) is 2.18. The summed E-state index contributed by atoms with van der Waals surface area (Å²) in [6, 6.07) is 7.22. The maximum Gasteiger partial charge on any atom is 0.326 e. The third-order valence-electron chi connectivity index (χ3n) is 2.23. The molecule has 1 saturated carbocycles. The molecule has 14 heavy (non-hydrogen) atoms. The first-order valence-electron chi connectivity index (χ1n) is 4.68. The molecule has 2 N–H and O–H groups in total. The van der Waals surface area contributed by atoms with Crippen LogP contribution in [0.4, 0.5) is 0 Å². The Labute approximate surface area is 83.4 Å². The molecule has 1 aliphatic carbocycles. The van der Waals surface area contributed by atoms with Crippen molar-refractivity contribution in [1.29, 1.82) is 0 Å². The van der Waals surface area contributed by atoms with Crippen molar-refractivity contribution in [2.45, 2.75) is 18.9 Å². The minimum atomic E-state index is -0.0306. The number of benzene rings is 1. The van der Waals surface area contributed by atoms with Crippen molar-refractivity contribution < 1.29 is 9.82 Å². The van der Waals surface area contributed by atoms with Gasteiger partial charge in [0.1, 0.15) is 0 Å². The average molecular weight is 188 g/mol. The molecule has 4 heteroatoms. The highest BCUT2D eigenvalue weighted by Crippen LogP contribution is 2.19. The van der Waals surface area contributed by atoms with E-state index in [1.165, 1.54) is 0 Å². The van der Waals surface area contributed by atoms with Crippen LogP contribution in [0.3, 0.4) is 0 Å². The monoisotopic (exact) mass is 188 g/mol. The standard InChI is InChI=1S/C10H11BNO2/c13-10(12-9-5-6-9)7-1-3-8(11-14)4-2-7/h1-4,9,14H,5-6H2,(H,12,13). The van der Waals surface area contributed by atoms with E-state index in [-0.39, 0.29) is 5.91 Å². The summed E-state index contributed by atoms with van der Waals surface area (Å²) in [5, 5.41) is 11.6. The highest BCUT2D eigenvalue weighted by atomic mass is 16.2. The molecule has 0 saturated heterocycles. The first-order valence-corrected chi connectivity index (χ1v) is 4.68. The van der Waals surface area contributed by atoms with E-state index >= 15 is 0 Å². The Morgan fingerprint density at radius 3 is 2.50 bits per heavy atom. The maximum absolute atomic E-state index is 11.5. The Morgan fingerprint density at radius 2 is 2.00 bits per heavy atom. The van der Waals surface area contributed by atoms with Gasteiger partial charge in [-0.3, -0.25) is 4.79 Å². The maximum atomic E-state index is 11.5. The van der Waals surface area contributed by atoms with Gasteiger partial charge in [-0.1, -0.05) is 17.6 Å². The van der Waals surface area contributed by atoms with Crippen molar-refractivity contribution in [2.75, 3.05) is 0 Å². The van der Waals surface area contributed by atoms with Crippen LogP contribution < -0.4 is 10.8 Å². The van der Waals surface area contributed by atoms with E-state index in [4.69, 9.17) is 5.02 Å². The SMILES string of the molecule is O=C(NC1CC1)c1ccc([B]O)cc1. The summed E-state index contributed by atoms with van der Waals surface area (Å²) < 4.78 is 0. The number of rotatable bonds is 3. The molecule has 1 aliphatic rings. The predicted molar refractivity (Wildman–Crippen MR) is 54.5 cm³/mol. The van der Waals surface area contributed by atoms with Crippen molar-refractivity contribution in [3.63, 3.8) is 0 Å². The predicted octanol–water partition coefficient (Wildman–Crippen LogP) is -0.184. The lowest BCUT2D eigenvalue weighted by Crippen LogP contribution is -2.26. The second-order valence-electron chi connectivity index (χ2n) is 3.50. The molecule has 1 amide bonds. The van der Waals surface area contributed by atoms with E-state index in [0.29, 0.717) is 17.1 Å². The quantitative estimate of drug-likeness (QED) is 0.646. The van der Waals surface area contributed by atoms with Crippen LogP contribution in [0.5, 0.6) is 0 Å². The third kappa shape index (κ3) is 2.14. The number of carbonyl (C=O) groups is 1. The summed E-state index contributed by atoms with van der Waals surface area (Å²) in [4.78, 5) is 11.5. The highest BCUT2D eigenvalue weighted by Gasteiger charge is 2.23. The molecule has 1 fully saturated rings. The highest BCUT2D eigenvalue weighted by molar-refractivity contribution is 6.45. The first kappa shape index (κ1) is 9.28. The summed E-state index contributed by atoms with van der Waals surface area (Å²) in [5.41, 5.74) is 1.34. The Kier molecular flexibility index (Phi) is 2.54. The molecule has 0 spiro atoms. The summed E-state index contributed by atoms with van der Waals surface area (Å²) in [7, 11) is 1.02. The average Bonchev–Trinajstić information content (AvgIpc) is 3.02. The fourth-order valence-electron chi connectivity index (χ4n) is 1.22. The van der Waals surface area contributed by atoms with Gasteiger partial charge in [0.2, 0.25) is 0 Å². The van der Waals surface area contributed by atoms with Crippen molar-refractivity contribution in [3.8, 4) is 0 Å². The molecule has 0 aliphatic heterocycles. The molecule has 1 radical (unpaired) electrons. The zero-order chi connectivity index (χ0) is 9.97. The normalized spacial score (nSPS) is 14.9. The van der Waals surface area contributed by atoms with Gasteiger partial charge in [0, 0.05) is 11.6 Å². The van der Waals surface area contributed by atoms with Crippen molar-refractivity contribution in [2.24, 2.45) is 0 Å². The summed E-state index contributed by atoms with van der Waals surface area (Å²) in [6.45, 7) is 0. The molecule has 3 nitrogen and oxygen atoms in total. The Bertz CT molecular complexity index is 332. The molecular weight excluding hydrogens is 177 g/mol. The first-order chi connectivity index (χ1) is 6.79. The summed E-state index contributed by atoms with van der Waals surface area (Å²) in [5.74, 6) is -0.0306. The molecule has 71 valence electrons. The van der Waals surface area contributed by atoms with Crippen LogP contribution in [-0.4, -0.2) is 24.5 Å². The van der Waals surface area contributed by atoms with Crippen LogP contribution in [0.2, 0.25) is 0 Å². The van der Waals surface area contributed by atoms with Gasteiger partial charge in [0.25, 0.3) is 5.91 Å². The fourth-order valence-corrected chi connectivity index (χ4v) is 1.22. The number of hydrogen-bond acceptors (Lipinski definition) is 2. The van der Waals surface area contributed by atoms with E-state index in [1.54, 1.807) is 24.3 Å². The largest absolute Gasteiger partial charge is 0.450 e. The smallest absolute Gasteiger partial charge is 0.326 e. The lowest BCUT2D eigenvalue weighted by atomic mass is 9.88. The van der Waals surface area contributed by atoms with E-state index in [1.807, 2.05) is 0 Å². The third-order valence-corrected chi connectivity index (χ3v) is 2.23. The number of hydrogen-bond donors (Lipinski definition) is 2. The molecule has 0 unspecified atom stereocenters. The molecule has 1 aromatic carbocycles. The minimum Gasteiger partial charge on any atom is -0.450 e. The van der Waals surface area contributed by atoms with E-state index in [0.717, 1.165) is 20.3 Å². The molecule has 2 rings (SSSR count). The lowest BCUT2D eigenvalue weighted by molar-refractivity contribution is 0.0951. The molecule has 0 atom stereocenters. The van der Waals surface area contributed by atoms with Crippen LogP contribution >= 0.6 is 0 Å². The van der Waals surface area contributed by atoms with Crippen LogP contribution in [0.15, 0.2) is 24.3 Å². The van der Waals surface area contributed by atoms with Crippen molar-refractivity contribution >= 4 is 18.9 Å². The molecule has 0 heterocycles. The van der Waals surface area contributed by atoms with E-state index in [9.17, 15) is 4.79 Å². The topological polar surface area (TPSA) is 49.3 Å². The van der Waals surface area contributed by atoms with Gasteiger partial charge in [0.05, 0.1) is 0 Å². The van der Waals surface area contributed by atoms with Crippen molar-refractivity contribution in [1.82, 2.24) is 5.32 Å². The molecule has 1 aromatic rings. The van der Waals surface area contributed by atoms with Gasteiger partial charge in [0.15, 0.2) is 0 Å². The number of amides is 1. The van der Waals surface area contributed by atoms with Crippen LogP contribution in [-0.2, 0) is 0 Å². The Morgan fingerprint density at radius 1 is 1.36 bits per heavy atom. The zero-order valence-electron chi connectivity index (χ0n) is 7.73. The van der Waals surface area contributed by atoms with Gasteiger partial charge < -0.3 is 10.3 Å². The van der Waals surface area contributed by atoms with Crippen LogP contribution in [0.25, 0.3) is 0 Å². The Hall–Kier alpha value is -1.29. The fraction of sp³-hybridized carbons (Fsp3) is 0.300. The molecule has 0 bridgehead atoms. The lowest BCUT2D eigenvalue weighted by Gasteiger charge is -2.03. The van der Waals surface area contributed by atoms with Gasteiger partial charge in [-0.05, 0) is 25.0 Å². The van der Waals surface area contributed by atoms with Gasteiger partial charge in [-0.25, -0.2) is 0 Å². The van der Waals surface area contributed by atoms with Gasteiger partial charge in [-0.15, -0.1) is 0 Å². The molecule has 0 aromatic heterocycles. The second kappa shape index (κ2) is 3.84. The van der Waals surface area contributed by atoms with Gasteiger partial charge in [-0.2, -0.15) is 0 Å². The second-order valence-corrected chi connectivity index (χ2v) is 3.50. The van der Waals surface area contributed by atoms with Crippen molar-refractivity contribution in [3.05, 3.63) is 29.8 Å². The minimum absolute atomic E-state index is 0.0306. The zero-order valence-corrected chi connectivity index (χ0v) is 7.73. The number of carbonyl (C=O) groups excluding carboxylic acids is 1. The number of nitrogens with one attached hydrogen (secondary N) is 1. The van der Waals surface area contributed by atoms with Crippen LogP contribution in [0, 0.1) is 0 Å². The van der Waals surface area contributed by atoms with E-state index in [2.05, 4.69) is 5.32 Å². The van der Waals surface area contributed by atoms with E-state index < -0.39 is 0 Å². The Balaban J connectivity index is 2.03.